The Morgan fingerprint density at radius 2 is 0.833 bits per heavy atom. The van der Waals surface area contributed by atoms with E-state index < -0.39 is 6.10 Å². The second-order valence-electron chi connectivity index (χ2n) is 13.7. The molecule has 280 valence electrons. The molecule has 5 nitrogen and oxygen atoms in total. The molecule has 0 heterocycles. The summed E-state index contributed by atoms with van der Waals surface area (Å²) in [7, 11) is 0. The van der Waals surface area contributed by atoms with Gasteiger partial charge in [0.2, 0.25) is 0 Å². The van der Waals surface area contributed by atoms with Gasteiger partial charge in [-0.25, -0.2) is 0 Å². The standard InChI is InChI=1S/C43H78O5/c1-3-5-7-9-11-13-15-17-19-20-21-22-24-26-28-30-32-34-36-38-43(46)48-41(39-44)40-47-42(45)37-35-33-31-29-27-25-23-18-16-14-12-10-8-6-4-2/h11,13,17-19,23,41,44H,3-10,12,14-16,20-22,24-40H2,1-2H3/b13-11-,19-17-,23-18-/t41-/m0/s1. The molecule has 1 N–H and O–H groups in total. The largest absolute Gasteiger partial charge is 0.462 e. The second-order valence-corrected chi connectivity index (χ2v) is 13.7. The molecule has 0 aliphatic carbocycles. The van der Waals surface area contributed by atoms with Gasteiger partial charge in [-0.15, -0.1) is 0 Å². The maximum Gasteiger partial charge on any atom is 0.306 e. The van der Waals surface area contributed by atoms with Crippen LogP contribution in [0.25, 0.3) is 0 Å². The van der Waals surface area contributed by atoms with Crippen molar-refractivity contribution in [2.24, 2.45) is 0 Å². The van der Waals surface area contributed by atoms with Gasteiger partial charge in [0.25, 0.3) is 0 Å². The van der Waals surface area contributed by atoms with Gasteiger partial charge in [-0.2, -0.15) is 0 Å². The summed E-state index contributed by atoms with van der Waals surface area (Å²) in [6.45, 7) is 4.10. The SMILES string of the molecule is CCCCC/C=C\C/C=C\CCCCCCCCCCCC(=O)O[C@@H](CO)COC(=O)CCCCCCC/C=C\CCCCCCCC. The molecular weight excluding hydrogens is 596 g/mol. The fourth-order valence-electron chi connectivity index (χ4n) is 5.75. The van der Waals surface area contributed by atoms with Gasteiger partial charge in [0.1, 0.15) is 6.61 Å². The lowest BCUT2D eigenvalue weighted by molar-refractivity contribution is -0.161. The molecule has 0 saturated carbocycles. The highest BCUT2D eigenvalue weighted by Crippen LogP contribution is 2.13. The van der Waals surface area contributed by atoms with E-state index in [0.29, 0.717) is 12.8 Å². The third-order valence-electron chi connectivity index (χ3n) is 8.91. The number of hydrogen-bond acceptors (Lipinski definition) is 5. The fraction of sp³-hybridized carbons (Fsp3) is 0.814. The van der Waals surface area contributed by atoms with Gasteiger partial charge in [0.15, 0.2) is 6.10 Å². The van der Waals surface area contributed by atoms with Crippen molar-refractivity contribution in [2.75, 3.05) is 13.2 Å². The van der Waals surface area contributed by atoms with E-state index in [1.165, 1.54) is 128 Å². The number of esters is 2. The lowest BCUT2D eigenvalue weighted by Crippen LogP contribution is -2.28. The molecule has 0 fully saturated rings. The van der Waals surface area contributed by atoms with E-state index in [4.69, 9.17) is 9.47 Å². The van der Waals surface area contributed by atoms with E-state index in [0.717, 1.165) is 51.4 Å². The van der Waals surface area contributed by atoms with Crippen LogP contribution in [0.2, 0.25) is 0 Å². The Morgan fingerprint density at radius 1 is 0.479 bits per heavy atom. The van der Waals surface area contributed by atoms with E-state index >= 15 is 0 Å². The van der Waals surface area contributed by atoms with Crippen LogP contribution in [0.5, 0.6) is 0 Å². The van der Waals surface area contributed by atoms with Crippen molar-refractivity contribution in [1.29, 1.82) is 0 Å². The Balaban J connectivity index is 3.55. The van der Waals surface area contributed by atoms with Crippen molar-refractivity contribution in [3.63, 3.8) is 0 Å². The van der Waals surface area contributed by atoms with Gasteiger partial charge in [-0.05, 0) is 70.6 Å². The van der Waals surface area contributed by atoms with Crippen molar-refractivity contribution < 1.29 is 24.2 Å². The number of allylic oxidation sites excluding steroid dienone is 6. The van der Waals surface area contributed by atoms with Crippen molar-refractivity contribution in [3.8, 4) is 0 Å². The normalized spacial score (nSPS) is 12.5. The number of carbonyl (C=O) groups excluding carboxylic acids is 2. The quantitative estimate of drug-likeness (QED) is 0.0403. The lowest BCUT2D eigenvalue weighted by Gasteiger charge is -2.15. The highest BCUT2D eigenvalue weighted by molar-refractivity contribution is 5.70. The van der Waals surface area contributed by atoms with Crippen molar-refractivity contribution >= 4 is 11.9 Å². The molecule has 0 aliphatic heterocycles. The van der Waals surface area contributed by atoms with Crippen LogP contribution >= 0.6 is 0 Å². The Morgan fingerprint density at radius 3 is 1.29 bits per heavy atom. The molecular formula is C43H78O5. The summed E-state index contributed by atoms with van der Waals surface area (Å²) in [6, 6.07) is 0. The smallest absolute Gasteiger partial charge is 0.306 e. The summed E-state index contributed by atoms with van der Waals surface area (Å²) in [5, 5.41) is 9.56. The maximum absolute atomic E-state index is 12.2. The van der Waals surface area contributed by atoms with Crippen molar-refractivity contribution in [3.05, 3.63) is 36.5 Å². The minimum atomic E-state index is -0.775. The molecule has 0 aromatic rings. The van der Waals surface area contributed by atoms with Crippen LogP contribution in [-0.2, 0) is 19.1 Å². The number of unbranched alkanes of at least 4 members (excludes halogenated alkanes) is 23. The van der Waals surface area contributed by atoms with Crippen LogP contribution in [0.4, 0.5) is 0 Å². The zero-order valence-corrected chi connectivity index (χ0v) is 31.7. The van der Waals surface area contributed by atoms with Crippen LogP contribution in [-0.4, -0.2) is 36.4 Å². The monoisotopic (exact) mass is 675 g/mol. The Kier molecular flexibility index (Phi) is 38.0. The van der Waals surface area contributed by atoms with Crippen molar-refractivity contribution in [1.82, 2.24) is 0 Å². The van der Waals surface area contributed by atoms with Gasteiger partial charge in [0.05, 0.1) is 6.61 Å². The summed E-state index contributed by atoms with van der Waals surface area (Å²) in [4.78, 5) is 24.3. The molecule has 0 unspecified atom stereocenters. The first-order valence-corrected chi connectivity index (χ1v) is 20.5. The molecule has 0 saturated heterocycles. The molecule has 0 aliphatic rings. The van der Waals surface area contributed by atoms with Gasteiger partial charge in [-0.1, -0.05) is 159 Å². The third-order valence-corrected chi connectivity index (χ3v) is 8.91. The Bertz CT molecular complexity index is 771. The van der Waals surface area contributed by atoms with E-state index in [1.807, 2.05) is 0 Å². The van der Waals surface area contributed by atoms with E-state index in [2.05, 4.69) is 50.3 Å². The van der Waals surface area contributed by atoms with Crippen LogP contribution in [0.3, 0.4) is 0 Å². The average Bonchev–Trinajstić information content (AvgIpc) is 3.09. The zero-order chi connectivity index (χ0) is 35.0. The molecule has 0 aromatic heterocycles. The van der Waals surface area contributed by atoms with Gasteiger partial charge >= 0.3 is 11.9 Å². The van der Waals surface area contributed by atoms with Crippen LogP contribution in [0.15, 0.2) is 36.5 Å². The average molecular weight is 675 g/mol. The molecule has 0 rings (SSSR count). The lowest BCUT2D eigenvalue weighted by atomic mass is 10.1. The topological polar surface area (TPSA) is 72.8 Å². The number of hydrogen-bond donors (Lipinski definition) is 1. The van der Waals surface area contributed by atoms with Gasteiger partial charge < -0.3 is 14.6 Å². The van der Waals surface area contributed by atoms with Gasteiger partial charge in [-0.3, -0.25) is 9.59 Å². The van der Waals surface area contributed by atoms with E-state index in [-0.39, 0.29) is 25.2 Å². The zero-order valence-electron chi connectivity index (χ0n) is 31.7. The number of aliphatic hydroxyl groups is 1. The first kappa shape index (κ1) is 46.1. The summed E-state index contributed by atoms with van der Waals surface area (Å²) >= 11 is 0. The third kappa shape index (κ3) is 36.9. The molecule has 0 amide bonds. The molecule has 48 heavy (non-hydrogen) atoms. The van der Waals surface area contributed by atoms with Crippen LogP contribution in [0, 0.1) is 0 Å². The Labute approximate surface area is 297 Å². The number of carbonyl (C=O) groups is 2. The summed E-state index contributed by atoms with van der Waals surface area (Å²) in [6.07, 6.45) is 47.7. The van der Waals surface area contributed by atoms with E-state index in [1.54, 1.807) is 0 Å². The molecule has 0 radical (unpaired) electrons. The first-order chi connectivity index (χ1) is 23.6. The molecule has 0 bridgehead atoms. The highest BCUT2D eigenvalue weighted by atomic mass is 16.6. The predicted molar refractivity (Wildman–Crippen MR) is 205 cm³/mol. The summed E-state index contributed by atoms with van der Waals surface area (Å²) < 4.78 is 10.6. The fourth-order valence-corrected chi connectivity index (χ4v) is 5.75. The van der Waals surface area contributed by atoms with Gasteiger partial charge in [0, 0.05) is 12.8 Å². The van der Waals surface area contributed by atoms with Crippen LogP contribution < -0.4 is 0 Å². The molecule has 0 aromatic carbocycles. The number of rotatable bonds is 37. The molecule has 0 spiro atoms. The Hall–Kier alpha value is -1.88. The minimum absolute atomic E-state index is 0.0705. The number of aliphatic hydroxyl groups excluding tert-OH is 1. The maximum atomic E-state index is 12.2. The number of ether oxygens (including phenoxy) is 2. The summed E-state index contributed by atoms with van der Waals surface area (Å²) in [5.41, 5.74) is 0. The van der Waals surface area contributed by atoms with Crippen molar-refractivity contribution in [2.45, 2.75) is 213 Å². The highest BCUT2D eigenvalue weighted by Gasteiger charge is 2.16. The minimum Gasteiger partial charge on any atom is -0.462 e. The first-order valence-electron chi connectivity index (χ1n) is 20.5. The van der Waals surface area contributed by atoms with Crippen LogP contribution in [0.1, 0.15) is 206 Å². The summed E-state index contributed by atoms with van der Waals surface area (Å²) in [5.74, 6) is -0.602. The molecule has 5 heteroatoms. The molecule has 1 atom stereocenters. The second kappa shape index (κ2) is 39.6. The predicted octanol–water partition coefficient (Wildman–Crippen LogP) is 12.8. The van der Waals surface area contributed by atoms with E-state index in [9.17, 15) is 14.7 Å².